The van der Waals surface area contributed by atoms with Crippen LogP contribution in [0.1, 0.15) is 10.4 Å². The highest BCUT2D eigenvalue weighted by Gasteiger charge is 2.32. The molecule has 7 heteroatoms. The third-order valence-electron chi connectivity index (χ3n) is 4.07. The molecule has 0 aromatic heterocycles. The molecule has 1 N–H and O–H groups in total. The Hall–Kier alpha value is -3.22. The van der Waals surface area contributed by atoms with Crippen molar-refractivity contribution < 1.29 is 23.8 Å². The molecule has 2 heterocycles. The van der Waals surface area contributed by atoms with Crippen LogP contribution in [-0.2, 0) is 4.74 Å². The normalized spacial score (nSPS) is 18.2. The van der Waals surface area contributed by atoms with Crippen molar-refractivity contribution in [2.24, 2.45) is 0 Å². The molecule has 1 atom stereocenters. The summed E-state index contributed by atoms with van der Waals surface area (Å²) in [4.78, 5) is 25.8. The fraction of sp³-hybridized carbons (Fsp3) is 0.222. The molecule has 128 valence electrons. The number of cyclic esters (lactones) is 1. The fourth-order valence-electron chi connectivity index (χ4n) is 2.79. The third kappa shape index (κ3) is 3.08. The van der Waals surface area contributed by atoms with Crippen molar-refractivity contribution in [1.82, 2.24) is 5.32 Å². The van der Waals surface area contributed by atoms with Crippen molar-refractivity contribution in [2.45, 2.75) is 6.10 Å². The summed E-state index contributed by atoms with van der Waals surface area (Å²) in [6.45, 7) is 0.792. The molecule has 2 amide bonds. The molecule has 2 aliphatic rings. The SMILES string of the molecule is O=C(NC[C@@H]1CN(c2ccccc2)C(=O)O1)c1ccc2c(c1)OCO2. The third-order valence-corrected chi connectivity index (χ3v) is 4.07. The number of anilines is 1. The molecule has 0 radical (unpaired) electrons. The van der Waals surface area contributed by atoms with E-state index < -0.39 is 12.2 Å². The lowest BCUT2D eigenvalue weighted by atomic mass is 10.2. The van der Waals surface area contributed by atoms with Gasteiger partial charge < -0.3 is 19.5 Å². The highest BCUT2D eigenvalue weighted by Crippen LogP contribution is 2.32. The molecule has 7 nitrogen and oxygen atoms in total. The molecule has 1 saturated heterocycles. The van der Waals surface area contributed by atoms with Gasteiger partial charge in [0.2, 0.25) is 6.79 Å². The molecule has 1 fully saturated rings. The predicted octanol–water partition coefficient (Wildman–Crippen LogP) is 2.17. The number of hydrogen-bond acceptors (Lipinski definition) is 5. The Morgan fingerprint density at radius 1 is 1.12 bits per heavy atom. The van der Waals surface area contributed by atoms with Crippen LogP contribution >= 0.6 is 0 Å². The van der Waals surface area contributed by atoms with Gasteiger partial charge in [0.25, 0.3) is 5.91 Å². The smallest absolute Gasteiger partial charge is 0.414 e. The quantitative estimate of drug-likeness (QED) is 0.923. The number of rotatable bonds is 4. The zero-order valence-electron chi connectivity index (χ0n) is 13.3. The van der Waals surface area contributed by atoms with E-state index >= 15 is 0 Å². The average molecular weight is 340 g/mol. The summed E-state index contributed by atoms with van der Waals surface area (Å²) in [5.74, 6) is 0.919. The Bertz CT molecular complexity index is 808. The molecule has 0 bridgehead atoms. The molecule has 0 aliphatic carbocycles. The van der Waals surface area contributed by atoms with E-state index in [2.05, 4.69) is 5.32 Å². The number of nitrogens with zero attached hydrogens (tertiary/aromatic N) is 1. The van der Waals surface area contributed by atoms with Gasteiger partial charge in [0.15, 0.2) is 11.5 Å². The number of carbonyl (C=O) groups excluding carboxylic acids is 2. The van der Waals surface area contributed by atoms with Crippen LogP contribution in [0.4, 0.5) is 10.5 Å². The summed E-state index contributed by atoms with van der Waals surface area (Å²) in [6.07, 6.45) is -0.806. The summed E-state index contributed by atoms with van der Waals surface area (Å²) >= 11 is 0. The van der Waals surface area contributed by atoms with Gasteiger partial charge in [-0.05, 0) is 30.3 Å². The van der Waals surface area contributed by atoms with Gasteiger partial charge in [-0.3, -0.25) is 9.69 Å². The lowest BCUT2D eigenvalue weighted by Crippen LogP contribution is -2.34. The summed E-state index contributed by atoms with van der Waals surface area (Å²) in [6, 6.07) is 14.3. The molecule has 0 unspecified atom stereocenters. The molecule has 4 rings (SSSR count). The molecular formula is C18H16N2O5. The number of hydrogen-bond donors (Lipinski definition) is 1. The number of para-hydroxylation sites is 1. The van der Waals surface area contributed by atoms with Gasteiger partial charge in [0, 0.05) is 11.3 Å². The van der Waals surface area contributed by atoms with Crippen molar-refractivity contribution in [3.8, 4) is 11.5 Å². The van der Waals surface area contributed by atoms with Crippen LogP contribution in [0.3, 0.4) is 0 Å². The van der Waals surface area contributed by atoms with Crippen molar-refractivity contribution >= 4 is 17.7 Å². The number of fused-ring (bicyclic) bond motifs is 1. The maximum atomic E-state index is 12.3. The molecule has 25 heavy (non-hydrogen) atoms. The average Bonchev–Trinajstić information content (AvgIpc) is 3.26. The van der Waals surface area contributed by atoms with Gasteiger partial charge in [0.05, 0.1) is 13.1 Å². The van der Waals surface area contributed by atoms with Crippen LogP contribution in [-0.4, -0.2) is 38.0 Å². The summed E-state index contributed by atoms with van der Waals surface area (Å²) in [7, 11) is 0. The Morgan fingerprint density at radius 3 is 2.76 bits per heavy atom. The van der Waals surface area contributed by atoms with E-state index in [4.69, 9.17) is 14.2 Å². The zero-order valence-corrected chi connectivity index (χ0v) is 13.3. The van der Waals surface area contributed by atoms with E-state index in [-0.39, 0.29) is 19.2 Å². The maximum absolute atomic E-state index is 12.3. The minimum absolute atomic E-state index is 0.160. The second-order valence-electron chi connectivity index (χ2n) is 5.73. The highest BCUT2D eigenvalue weighted by atomic mass is 16.7. The molecular weight excluding hydrogens is 324 g/mol. The number of ether oxygens (including phenoxy) is 3. The fourth-order valence-corrected chi connectivity index (χ4v) is 2.79. The maximum Gasteiger partial charge on any atom is 0.414 e. The van der Waals surface area contributed by atoms with Crippen LogP contribution in [0.5, 0.6) is 11.5 Å². The second kappa shape index (κ2) is 6.35. The second-order valence-corrected chi connectivity index (χ2v) is 5.73. The van der Waals surface area contributed by atoms with E-state index in [1.54, 1.807) is 23.1 Å². The monoisotopic (exact) mass is 340 g/mol. The van der Waals surface area contributed by atoms with E-state index in [1.165, 1.54) is 0 Å². The topological polar surface area (TPSA) is 77.1 Å². The number of carbonyl (C=O) groups is 2. The van der Waals surface area contributed by atoms with E-state index in [0.29, 0.717) is 23.6 Å². The zero-order chi connectivity index (χ0) is 17.2. The van der Waals surface area contributed by atoms with Gasteiger partial charge in [-0.25, -0.2) is 4.79 Å². The van der Waals surface area contributed by atoms with E-state index in [9.17, 15) is 9.59 Å². The Morgan fingerprint density at radius 2 is 1.92 bits per heavy atom. The predicted molar refractivity (Wildman–Crippen MR) is 89.0 cm³/mol. The first-order valence-corrected chi connectivity index (χ1v) is 7.92. The highest BCUT2D eigenvalue weighted by molar-refractivity contribution is 5.95. The number of nitrogens with one attached hydrogen (secondary N) is 1. The molecule has 2 aromatic rings. The Balaban J connectivity index is 1.36. The van der Waals surface area contributed by atoms with Gasteiger partial charge in [-0.1, -0.05) is 18.2 Å². The van der Waals surface area contributed by atoms with Crippen LogP contribution in [0.2, 0.25) is 0 Å². The number of amides is 2. The van der Waals surface area contributed by atoms with E-state index in [0.717, 1.165) is 5.69 Å². The molecule has 0 spiro atoms. The largest absolute Gasteiger partial charge is 0.454 e. The van der Waals surface area contributed by atoms with Gasteiger partial charge in [-0.15, -0.1) is 0 Å². The van der Waals surface area contributed by atoms with Crippen LogP contribution in [0.15, 0.2) is 48.5 Å². The summed E-state index contributed by atoms with van der Waals surface area (Å²) in [5.41, 5.74) is 1.24. The van der Waals surface area contributed by atoms with Crippen molar-refractivity contribution in [3.05, 3.63) is 54.1 Å². The van der Waals surface area contributed by atoms with Gasteiger partial charge >= 0.3 is 6.09 Å². The standard InChI is InChI=1S/C18H16N2O5/c21-17(12-6-7-15-16(8-12)24-11-23-15)19-9-14-10-20(18(22)25-14)13-4-2-1-3-5-13/h1-8,14H,9-11H2,(H,19,21)/t14-/m1/s1. The van der Waals surface area contributed by atoms with Crippen LogP contribution in [0, 0.1) is 0 Å². The summed E-state index contributed by atoms with van der Waals surface area (Å²) in [5, 5.41) is 2.79. The lowest BCUT2D eigenvalue weighted by Gasteiger charge is -2.12. The first-order chi connectivity index (χ1) is 12.2. The summed E-state index contributed by atoms with van der Waals surface area (Å²) < 4.78 is 15.8. The lowest BCUT2D eigenvalue weighted by molar-refractivity contribution is 0.0915. The van der Waals surface area contributed by atoms with E-state index in [1.807, 2.05) is 30.3 Å². The minimum Gasteiger partial charge on any atom is -0.454 e. The van der Waals surface area contributed by atoms with Crippen molar-refractivity contribution in [3.63, 3.8) is 0 Å². The van der Waals surface area contributed by atoms with Crippen LogP contribution < -0.4 is 19.7 Å². The Labute approximate surface area is 144 Å². The molecule has 2 aliphatic heterocycles. The van der Waals surface area contributed by atoms with Gasteiger partial charge in [-0.2, -0.15) is 0 Å². The molecule has 2 aromatic carbocycles. The number of benzene rings is 2. The van der Waals surface area contributed by atoms with Crippen molar-refractivity contribution in [2.75, 3.05) is 24.8 Å². The minimum atomic E-state index is -0.409. The molecule has 0 saturated carbocycles. The Kier molecular flexibility index (Phi) is 3.89. The van der Waals surface area contributed by atoms with Crippen LogP contribution in [0.25, 0.3) is 0 Å². The first kappa shape index (κ1) is 15.3. The van der Waals surface area contributed by atoms with Gasteiger partial charge in [0.1, 0.15) is 6.10 Å². The first-order valence-electron chi connectivity index (χ1n) is 7.92. The van der Waals surface area contributed by atoms with Crippen molar-refractivity contribution in [1.29, 1.82) is 0 Å².